The van der Waals surface area contributed by atoms with E-state index in [0.29, 0.717) is 29.6 Å². The fraction of sp³-hybridized carbons (Fsp3) is 0.276. The third-order valence-electron chi connectivity index (χ3n) is 15.8. The fourth-order valence-electron chi connectivity index (χ4n) is 12.9. The van der Waals surface area contributed by atoms with Gasteiger partial charge >= 0.3 is 0 Å². The molecule has 0 radical (unpaired) electrons. The average molecular weight is 793 g/mol. The van der Waals surface area contributed by atoms with E-state index >= 15 is 0 Å². The number of anilines is 4. The van der Waals surface area contributed by atoms with E-state index in [9.17, 15) is 0 Å². The normalized spacial score (nSPS) is 25.8. The zero-order valence-electron chi connectivity index (χ0n) is 35.9. The standard InChI is InChI=1S/C58H52N2O/c1-32-26-34(3)52-36(5)54-48-31-47(55-53-33(2)12-11-17-50(53)60(41-14-7-6-8-15-41)57(55)58(48)61-51(27-32)56(52)54)37-18-22-42(23-19-37)59-43-16-10-9-13-38(28-43)46-30-39(21-25-49(46)59)44-24-20-40-29-45(40)35(44)4/h6-8,11,14-28,30-31,33,36,50,52-54H,9-10,12-13,29H2,1-5H3/t33?,36-,50?,52?,53?,54+/m0/s1. The number of benzene rings is 5. The molecule has 3 nitrogen and oxygen atoms in total. The molecule has 300 valence electrons. The zero-order chi connectivity index (χ0) is 40.8. The summed E-state index contributed by atoms with van der Waals surface area (Å²) in [6.07, 6.45) is 20.1. The van der Waals surface area contributed by atoms with Crippen LogP contribution in [0.4, 0.5) is 22.7 Å². The Morgan fingerprint density at radius 3 is 2.44 bits per heavy atom. The van der Waals surface area contributed by atoms with Crippen LogP contribution in [0.1, 0.15) is 98.6 Å². The van der Waals surface area contributed by atoms with E-state index in [1.807, 2.05) is 0 Å². The molecule has 3 heterocycles. The lowest BCUT2D eigenvalue weighted by Crippen LogP contribution is -2.40. The molecule has 5 aliphatic carbocycles. The Hall–Kier alpha value is -6.06. The molecule has 8 aliphatic rings. The average Bonchev–Trinajstić information content (AvgIpc) is 4.04. The van der Waals surface area contributed by atoms with Gasteiger partial charge in [0.2, 0.25) is 0 Å². The number of fused-ring (bicyclic) bond motifs is 10. The van der Waals surface area contributed by atoms with E-state index in [1.165, 1.54) is 107 Å². The first-order chi connectivity index (χ1) is 29.8. The van der Waals surface area contributed by atoms with Crippen molar-refractivity contribution < 1.29 is 4.74 Å². The monoisotopic (exact) mass is 792 g/mol. The quantitative estimate of drug-likeness (QED) is 0.165. The van der Waals surface area contributed by atoms with Gasteiger partial charge in [-0.15, -0.1) is 0 Å². The Balaban J connectivity index is 0.972. The van der Waals surface area contributed by atoms with Gasteiger partial charge in [-0.2, -0.15) is 0 Å². The maximum Gasteiger partial charge on any atom is 0.155 e. The Morgan fingerprint density at radius 1 is 0.754 bits per heavy atom. The highest BCUT2D eigenvalue weighted by molar-refractivity contribution is 5.93. The van der Waals surface area contributed by atoms with Gasteiger partial charge in [-0.1, -0.05) is 92.3 Å². The second-order valence-electron chi connectivity index (χ2n) is 19.3. The highest BCUT2D eigenvalue weighted by Crippen LogP contribution is 2.66. The summed E-state index contributed by atoms with van der Waals surface area (Å²) in [6.45, 7) is 11.8. The van der Waals surface area contributed by atoms with Gasteiger partial charge in [-0.3, -0.25) is 0 Å². The van der Waals surface area contributed by atoms with E-state index in [-0.39, 0.29) is 6.04 Å². The smallest absolute Gasteiger partial charge is 0.155 e. The van der Waals surface area contributed by atoms with Crippen molar-refractivity contribution in [2.75, 3.05) is 9.80 Å². The number of nitrogens with zero attached hydrogens (tertiary/aromatic N) is 2. The third-order valence-corrected chi connectivity index (χ3v) is 15.8. The predicted octanol–water partition coefficient (Wildman–Crippen LogP) is 14.9. The van der Waals surface area contributed by atoms with Crippen molar-refractivity contribution in [1.29, 1.82) is 0 Å². The minimum atomic E-state index is 0.219. The van der Waals surface area contributed by atoms with Gasteiger partial charge in [0.05, 0.1) is 17.4 Å². The van der Waals surface area contributed by atoms with Crippen molar-refractivity contribution in [2.45, 2.75) is 84.6 Å². The maximum absolute atomic E-state index is 7.33. The molecule has 0 amide bonds. The number of rotatable bonds is 4. The Labute approximate surface area is 360 Å². The van der Waals surface area contributed by atoms with Crippen LogP contribution in [0, 0.1) is 24.7 Å². The molecule has 61 heavy (non-hydrogen) atoms. The van der Waals surface area contributed by atoms with Crippen molar-refractivity contribution in [3.05, 3.63) is 189 Å². The molecule has 5 aromatic carbocycles. The molecule has 4 unspecified atom stereocenters. The van der Waals surface area contributed by atoms with Crippen LogP contribution in [0.25, 0.3) is 27.8 Å². The van der Waals surface area contributed by atoms with Crippen LogP contribution in [0.2, 0.25) is 0 Å². The summed E-state index contributed by atoms with van der Waals surface area (Å²) in [4.78, 5) is 5.15. The molecule has 13 rings (SSSR count). The van der Waals surface area contributed by atoms with E-state index in [0.717, 1.165) is 37.2 Å². The zero-order valence-corrected chi connectivity index (χ0v) is 35.9. The molecule has 2 bridgehead atoms. The lowest BCUT2D eigenvalue weighted by atomic mass is 9.55. The summed E-state index contributed by atoms with van der Waals surface area (Å²) >= 11 is 0. The molecule has 0 saturated heterocycles. The number of allylic oxidation sites excluding steroid dienone is 9. The van der Waals surface area contributed by atoms with E-state index in [2.05, 4.69) is 172 Å². The molecule has 3 heteroatoms. The summed E-state index contributed by atoms with van der Waals surface area (Å²) in [5.41, 5.74) is 26.0. The third kappa shape index (κ3) is 5.10. The summed E-state index contributed by atoms with van der Waals surface area (Å²) in [5, 5.41) is 0. The minimum Gasteiger partial charge on any atom is -0.455 e. The molecular weight excluding hydrogens is 741 g/mol. The molecular formula is C58H52N2O. The summed E-state index contributed by atoms with van der Waals surface area (Å²) in [6, 6.07) is 35.4. The molecule has 5 aromatic rings. The first-order valence-electron chi connectivity index (χ1n) is 22.9. The summed E-state index contributed by atoms with van der Waals surface area (Å²) < 4.78 is 7.33. The topological polar surface area (TPSA) is 15.7 Å². The van der Waals surface area contributed by atoms with Crippen LogP contribution in [0.15, 0.2) is 156 Å². The van der Waals surface area contributed by atoms with Crippen LogP contribution in [0.3, 0.4) is 0 Å². The Bertz CT molecular complexity index is 2950. The molecule has 6 atom stereocenters. The van der Waals surface area contributed by atoms with Crippen molar-refractivity contribution in [3.8, 4) is 28.0 Å². The summed E-state index contributed by atoms with van der Waals surface area (Å²) in [7, 11) is 0. The van der Waals surface area contributed by atoms with Gasteiger partial charge in [-0.25, -0.2) is 0 Å². The summed E-state index contributed by atoms with van der Waals surface area (Å²) in [5.74, 6) is 4.22. The van der Waals surface area contributed by atoms with E-state index < -0.39 is 0 Å². The molecule has 0 aromatic heterocycles. The SMILES string of the molecule is CC1=CC2=C3C(C(C)=C1)[C@H](C)[C@@H]3c1cc(-c3ccc(N4C5=CCCCC(=C5)c5cc(-c6ccc7c(c6C)C7)ccc54)cc3)c3c(c1O2)N(c1ccccc1)C1C=CCC(C)C31. The van der Waals surface area contributed by atoms with E-state index in [1.54, 1.807) is 5.56 Å². The first kappa shape index (κ1) is 35.7. The number of ether oxygens (including phenoxy) is 1. The van der Waals surface area contributed by atoms with Crippen LogP contribution in [-0.4, -0.2) is 6.04 Å². The van der Waals surface area contributed by atoms with Crippen LogP contribution in [-0.2, 0) is 6.42 Å². The van der Waals surface area contributed by atoms with Crippen molar-refractivity contribution >= 4 is 28.3 Å². The molecule has 1 saturated carbocycles. The predicted molar refractivity (Wildman–Crippen MR) is 252 cm³/mol. The second kappa shape index (κ2) is 13.0. The molecule has 3 aliphatic heterocycles. The lowest BCUT2D eigenvalue weighted by Gasteiger charge is -2.50. The number of hydrogen-bond acceptors (Lipinski definition) is 3. The highest BCUT2D eigenvalue weighted by atomic mass is 16.5. The van der Waals surface area contributed by atoms with Gasteiger partial charge in [0, 0.05) is 46.0 Å². The van der Waals surface area contributed by atoms with Crippen LogP contribution in [0.5, 0.6) is 5.75 Å². The van der Waals surface area contributed by atoms with Gasteiger partial charge in [-0.05, 0) is 181 Å². The Morgan fingerprint density at radius 2 is 1.59 bits per heavy atom. The van der Waals surface area contributed by atoms with Gasteiger partial charge in [0.25, 0.3) is 0 Å². The van der Waals surface area contributed by atoms with Gasteiger partial charge in [0.1, 0.15) is 5.76 Å². The number of hydrogen-bond donors (Lipinski definition) is 0. The van der Waals surface area contributed by atoms with Crippen LogP contribution < -0.4 is 14.5 Å². The van der Waals surface area contributed by atoms with E-state index in [4.69, 9.17) is 4.74 Å². The van der Waals surface area contributed by atoms with Crippen molar-refractivity contribution in [2.24, 2.45) is 17.8 Å². The number of para-hydroxylation sites is 1. The van der Waals surface area contributed by atoms with Gasteiger partial charge in [0.15, 0.2) is 5.75 Å². The largest absolute Gasteiger partial charge is 0.455 e. The van der Waals surface area contributed by atoms with Crippen molar-refractivity contribution in [3.63, 3.8) is 0 Å². The van der Waals surface area contributed by atoms with Crippen LogP contribution >= 0.6 is 0 Å². The molecule has 1 fully saturated rings. The van der Waals surface area contributed by atoms with Crippen molar-refractivity contribution in [1.82, 2.24) is 0 Å². The second-order valence-corrected chi connectivity index (χ2v) is 19.3. The lowest BCUT2D eigenvalue weighted by molar-refractivity contribution is 0.246. The first-order valence-corrected chi connectivity index (χ1v) is 22.9. The Kier molecular flexibility index (Phi) is 7.59. The minimum absolute atomic E-state index is 0.219. The molecule has 0 N–H and O–H groups in total. The fourth-order valence-corrected chi connectivity index (χ4v) is 12.9. The highest BCUT2D eigenvalue weighted by Gasteiger charge is 2.54. The molecule has 0 spiro atoms. The van der Waals surface area contributed by atoms with Gasteiger partial charge < -0.3 is 14.5 Å². The maximum atomic E-state index is 7.33.